The van der Waals surface area contributed by atoms with Gasteiger partial charge in [0.15, 0.2) is 0 Å². The van der Waals surface area contributed by atoms with Gasteiger partial charge < -0.3 is 11.5 Å². The molecule has 0 bridgehead atoms. The zero-order valence-electron chi connectivity index (χ0n) is 5.65. The lowest BCUT2D eigenvalue weighted by molar-refractivity contribution is 0.594. The van der Waals surface area contributed by atoms with Gasteiger partial charge in [0.2, 0.25) is 0 Å². The van der Waals surface area contributed by atoms with Crippen molar-refractivity contribution in [3.8, 4) is 0 Å². The number of hydrogen-bond donors (Lipinski definition) is 2. The molecule has 0 spiro atoms. The monoisotopic (exact) mass is 115 g/mol. The van der Waals surface area contributed by atoms with Crippen molar-refractivity contribution in [3.05, 3.63) is 6.04 Å². The largest absolute Gasteiger partial charge is 0.330 e. The Morgan fingerprint density at radius 2 is 2.00 bits per heavy atom. The number of hydrogen-bond acceptors (Lipinski definition) is 2. The van der Waals surface area contributed by atoms with E-state index in [4.69, 9.17) is 11.5 Å². The number of rotatable bonds is 3. The molecule has 0 heterocycles. The zero-order chi connectivity index (χ0) is 6.57. The topological polar surface area (TPSA) is 52.0 Å². The molecular weight excluding hydrogens is 100 g/mol. The predicted molar refractivity (Wildman–Crippen MR) is 35.9 cm³/mol. The van der Waals surface area contributed by atoms with Crippen molar-refractivity contribution >= 4 is 0 Å². The van der Waals surface area contributed by atoms with Gasteiger partial charge in [0, 0.05) is 6.04 Å². The van der Waals surface area contributed by atoms with E-state index in [1.807, 2.05) is 0 Å². The third-order valence-corrected chi connectivity index (χ3v) is 1.17. The predicted octanol–water partition coefficient (Wildman–Crippen LogP) is 0.482. The van der Waals surface area contributed by atoms with Gasteiger partial charge in [-0.1, -0.05) is 13.8 Å². The SMILES string of the molecule is CC(C)[C](N)CCN. The van der Waals surface area contributed by atoms with Crippen LogP contribution in [0.25, 0.3) is 0 Å². The van der Waals surface area contributed by atoms with Crippen LogP contribution in [0.2, 0.25) is 0 Å². The summed E-state index contributed by atoms with van der Waals surface area (Å²) in [7, 11) is 0. The standard InChI is InChI=1S/C6H15N2/c1-5(2)6(8)3-4-7/h5H,3-4,7-8H2,1-2H3. The summed E-state index contributed by atoms with van der Waals surface area (Å²) in [6.45, 7) is 4.82. The summed E-state index contributed by atoms with van der Waals surface area (Å²) in [6, 6.07) is 1.01. The molecule has 0 atom stereocenters. The van der Waals surface area contributed by atoms with Crippen molar-refractivity contribution in [1.82, 2.24) is 0 Å². The minimum atomic E-state index is 0.485. The van der Waals surface area contributed by atoms with E-state index in [1.165, 1.54) is 0 Å². The quantitative estimate of drug-likeness (QED) is 0.562. The van der Waals surface area contributed by atoms with Crippen molar-refractivity contribution in [2.24, 2.45) is 17.4 Å². The average Bonchev–Trinajstić information content (AvgIpc) is 1.67. The first-order valence-corrected chi connectivity index (χ1v) is 2.99. The lowest BCUT2D eigenvalue weighted by atomic mass is 10.0. The molecule has 2 heteroatoms. The average molecular weight is 115 g/mol. The van der Waals surface area contributed by atoms with E-state index in [9.17, 15) is 0 Å². The van der Waals surface area contributed by atoms with Crippen LogP contribution in [-0.2, 0) is 0 Å². The molecule has 0 unspecified atom stereocenters. The van der Waals surface area contributed by atoms with Crippen LogP contribution in [0, 0.1) is 12.0 Å². The van der Waals surface area contributed by atoms with Crippen LogP contribution in [0.15, 0.2) is 0 Å². The maximum atomic E-state index is 5.56. The molecule has 0 amide bonds. The van der Waals surface area contributed by atoms with Crippen molar-refractivity contribution in [2.45, 2.75) is 20.3 Å². The van der Waals surface area contributed by atoms with Gasteiger partial charge in [-0.05, 0) is 18.9 Å². The van der Waals surface area contributed by atoms with Crippen molar-refractivity contribution in [3.63, 3.8) is 0 Å². The summed E-state index contributed by atoms with van der Waals surface area (Å²) < 4.78 is 0. The molecule has 0 saturated carbocycles. The second-order valence-electron chi connectivity index (χ2n) is 2.27. The van der Waals surface area contributed by atoms with E-state index >= 15 is 0 Å². The Morgan fingerprint density at radius 3 is 2.12 bits per heavy atom. The summed E-state index contributed by atoms with van der Waals surface area (Å²) in [5.74, 6) is 0.485. The minimum absolute atomic E-state index is 0.485. The normalized spacial score (nSPS) is 11.2. The van der Waals surface area contributed by atoms with E-state index in [0.717, 1.165) is 12.5 Å². The fourth-order valence-corrected chi connectivity index (χ4v) is 0.455. The van der Waals surface area contributed by atoms with Gasteiger partial charge in [-0.3, -0.25) is 0 Å². The lowest BCUT2D eigenvalue weighted by Gasteiger charge is -2.11. The molecule has 1 radical (unpaired) electrons. The van der Waals surface area contributed by atoms with Gasteiger partial charge in [0.25, 0.3) is 0 Å². The Labute approximate surface area is 51.2 Å². The van der Waals surface area contributed by atoms with Crippen molar-refractivity contribution in [2.75, 3.05) is 6.54 Å². The summed E-state index contributed by atoms with van der Waals surface area (Å²) in [5, 5.41) is 0. The van der Waals surface area contributed by atoms with Crippen LogP contribution in [0.5, 0.6) is 0 Å². The molecule has 0 aliphatic heterocycles. The summed E-state index contributed by atoms with van der Waals surface area (Å²) in [4.78, 5) is 0. The summed E-state index contributed by atoms with van der Waals surface area (Å²) >= 11 is 0. The zero-order valence-corrected chi connectivity index (χ0v) is 5.65. The first-order chi connectivity index (χ1) is 3.68. The Hall–Kier alpha value is -0.0800. The van der Waals surface area contributed by atoms with Gasteiger partial charge in [-0.25, -0.2) is 0 Å². The molecular formula is C6H15N2. The Kier molecular flexibility index (Phi) is 3.83. The van der Waals surface area contributed by atoms with E-state index in [1.54, 1.807) is 0 Å². The molecule has 0 rings (SSSR count). The highest BCUT2D eigenvalue weighted by atomic mass is 14.7. The maximum absolute atomic E-state index is 5.56. The first-order valence-electron chi connectivity index (χ1n) is 2.99. The van der Waals surface area contributed by atoms with Gasteiger partial charge in [0.1, 0.15) is 0 Å². The van der Waals surface area contributed by atoms with E-state index < -0.39 is 0 Å². The first kappa shape index (κ1) is 7.92. The fourth-order valence-electron chi connectivity index (χ4n) is 0.455. The fraction of sp³-hybridized carbons (Fsp3) is 0.833. The third kappa shape index (κ3) is 2.99. The molecule has 0 fully saturated rings. The van der Waals surface area contributed by atoms with Crippen molar-refractivity contribution < 1.29 is 0 Å². The highest BCUT2D eigenvalue weighted by Crippen LogP contribution is 2.08. The Morgan fingerprint density at radius 1 is 1.50 bits per heavy atom. The molecule has 0 aliphatic rings. The third-order valence-electron chi connectivity index (χ3n) is 1.17. The second kappa shape index (κ2) is 3.87. The summed E-state index contributed by atoms with van der Waals surface area (Å²) in [5.41, 5.74) is 10.8. The number of nitrogens with two attached hydrogens (primary N) is 2. The van der Waals surface area contributed by atoms with Gasteiger partial charge in [-0.15, -0.1) is 0 Å². The van der Waals surface area contributed by atoms with Crippen LogP contribution < -0.4 is 11.5 Å². The Bertz CT molecular complexity index is 52.5. The smallest absolute Gasteiger partial charge is 0.0375 e. The van der Waals surface area contributed by atoms with Gasteiger partial charge in [-0.2, -0.15) is 0 Å². The van der Waals surface area contributed by atoms with Crippen molar-refractivity contribution in [1.29, 1.82) is 0 Å². The van der Waals surface area contributed by atoms with Gasteiger partial charge >= 0.3 is 0 Å². The molecule has 4 N–H and O–H groups in total. The van der Waals surface area contributed by atoms with Crippen LogP contribution in [0.1, 0.15) is 20.3 Å². The molecule has 0 aliphatic carbocycles. The molecule has 0 aromatic heterocycles. The molecule has 0 aromatic carbocycles. The van der Waals surface area contributed by atoms with E-state index in [2.05, 4.69) is 13.8 Å². The van der Waals surface area contributed by atoms with E-state index in [-0.39, 0.29) is 0 Å². The lowest BCUT2D eigenvalue weighted by Crippen LogP contribution is -2.20. The molecule has 8 heavy (non-hydrogen) atoms. The van der Waals surface area contributed by atoms with Crippen LogP contribution in [-0.4, -0.2) is 6.54 Å². The second-order valence-corrected chi connectivity index (χ2v) is 2.27. The van der Waals surface area contributed by atoms with Gasteiger partial charge in [0.05, 0.1) is 0 Å². The Balaban J connectivity index is 3.17. The molecule has 0 saturated heterocycles. The van der Waals surface area contributed by atoms with Crippen LogP contribution in [0.3, 0.4) is 0 Å². The van der Waals surface area contributed by atoms with E-state index in [0.29, 0.717) is 12.5 Å². The van der Waals surface area contributed by atoms with Crippen LogP contribution >= 0.6 is 0 Å². The maximum Gasteiger partial charge on any atom is 0.0375 e. The minimum Gasteiger partial charge on any atom is -0.330 e. The molecule has 0 aromatic rings. The summed E-state index contributed by atoms with van der Waals surface area (Å²) in [6.07, 6.45) is 0.859. The molecule has 49 valence electrons. The highest BCUT2D eigenvalue weighted by Gasteiger charge is 2.05. The molecule has 2 nitrogen and oxygen atoms in total. The van der Waals surface area contributed by atoms with Crippen LogP contribution in [0.4, 0.5) is 0 Å². The highest BCUT2D eigenvalue weighted by molar-refractivity contribution is 4.85.